The fourth-order valence-corrected chi connectivity index (χ4v) is 3.03. The van der Waals surface area contributed by atoms with E-state index in [9.17, 15) is 4.79 Å². The third kappa shape index (κ3) is 3.53. The number of rotatable bonds is 4. The van der Waals surface area contributed by atoms with Crippen molar-refractivity contribution in [3.05, 3.63) is 47.5 Å². The molecule has 1 fully saturated rings. The van der Waals surface area contributed by atoms with Crippen LogP contribution in [0.4, 0.5) is 0 Å². The SMILES string of the molecule is Cc1cc([C@H]2CCCN(C(=O)CCc3ccccn3)C2)n[nH]1. The lowest BCUT2D eigenvalue weighted by Crippen LogP contribution is -2.39. The Morgan fingerprint density at radius 1 is 1.45 bits per heavy atom. The molecule has 1 atom stereocenters. The van der Waals surface area contributed by atoms with Gasteiger partial charge in [-0.1, -0.05) is 6.07 Å². The summed E-state index contributed by atoms with van der Waals surface area (Å²) in [6.45, 7) is 3.65. The molecule has 0 spiro atoms. The monoisotopic (exact) mass is 298 g/mol. The Kier molecular flexibility index (Phi) is 4.51. The van der Waals surface area contributed by atoms with Gasteiger partial charge < -0.3 is 4.90 Å². The molecule has 0 bridgehead atoms. The molecule has 0 saturated carbocycles. The zero-order valence-corrected chi connectivity index (χ0v) is 13.0. The van der Waals surface area contributed by atoms with E-state index in [4.69, 9.17) is 0 Å². The Hall–Kier alpha value is -2.17. The van der Waals surface area contributed by atoms with Crippen LogP contribution in [0.15, 0.2) is 30.5 Å². The summed E-state index contributed by atoms with van der Waals surface area (Å²) in [6, 6.07) is 7.92. The lowest BCUT2D eigenvalue weighted by molar-refractivity contribution is -0.132. The van der Waals surface area contributed by atoms with Crippen molar-refractivity contribution in [2.45, 2.75) is 38.5 Å². The number of hydrogen-bond acceptors (Lipinski definition) is 3. The first kappa shape index (κ1) is 14.8. The van der Waals surface area contributed by atoms with Crippen LogP contribution >= 0.6 is 0 Å². The Morgan fingerprint density at radius 3 is 3.09 bits per heavy atom. The third-order valence-electron chi connectivity index (χ3n) is 4.24. The van der Waals surface area contributed by atoms with Crippen LogP contribution in [-0.4, -0.2) is 39.1 Å². The number of aromatic amines is 1. The molecule has 2 aromatic heterocycles. The minimum Gasteiger partial charge on any atom is -0.342 e. The predicted molar refractivity (Wildman–Crippen MR) is 84.4 cm³/mol. The second-order valence-corrected chi connectivity index (χ2v) is 5.98. The van der Waals surface area contributed by atoms with Crippen molar-refractivity contribution in [2.75, 3.05) is 13.1 Å². The first-order valence-electron chi connectivity index (χ1n) is 7.92. The largest absolute Gasteiger partial charge is 0.342 e. The number of nitrogens with zero attached hydrogens (tertiary/aromatic N) is 3. The number of likely N-dealkylation sites (tertiary alicyclic amines) is 1. The molecule has 1 aliphatic rings. The zero-order chi connectivity index (χ0) is 15.4. The standard InChI is InChI=1S/C17H22N4O/c1-13-11-16(20-19-13)14-5-4-10-21(12-14)17(22)8-7-15-6-2-3-9-18-15/h2-3,6,9,11,14H,4-5,7-8,10,12H2,1H3,(H,19,20)/t14-/m0/s1. The summed E-state index contributed by atoms with van der Waals surface area (Å²) in [6.07, 6.45) is 5.17. The molecular weight excluding hydrogens is 276 g/mol. The van der Waals surface area contributed by atoms with Gasteiger partial charge in [0, 0.05) is 43.0 Å². The summed E-state index contributed by atoms with van der Waals surface area (Å²) in [5.74, 6) is 0.583. The van der Waals surface area contributed by atoms with Gasteiger partial charge in [0.05, 0.1) is 5.69 Å². The van der Waals surface area contributed by atoms with Gasteiger partial charge in [0.15, 0.2) is 0 Å². The Bertz CT molecular complexity index is 623. The lowest BCUT2D eigenvalue weighted by atomic mass is 9.94. The maximum absolute atomic E-state index is 12.4. The van der Waals surface area contributed by atoms with Gasteiger partial charge >= 0.3 is 0 Å². The van der Waals surface area contributed by atoms with Crippen molar-refractivity contribution in [1.82, 2.24) is 20.1 Å². The van der Waals surface area contributed by atoms with E-state index in [1.807, 2.05) is 30.0 Å². The highest BCUT2D eigenvalue weighted by Gasteiger charge is 2.25. The highest BCUT2D eigenvalue weighted by molar-refractivity contribution is 5.76. The minimum atomic E-state index is 0.225. The maximum Gasteiger partial charge on any atom is 0.222 e. The number of pyridine rings is 1. The van der Waals surface area contributed by atoms with E-state index < -0.39 is 0 Å². The van der Waals surface area contributed by atoms with Crippen LogP contribution in [0.2, 0.25) is 0 Å². The highest BCUT2D eigenvalue weighted by Crippen LogP contribution is 2.26. The molecule has 0 radical (unpaired) electrons. The third-order valence-corrected chi connectivity index (χ3v) is 4.24. The molecule has 22 heavy (non-hydrogen) atoms. The van der Waals surface area contributed by atoms with Gasteiger partial charge in [-0.15, -0.1) is 0 Å². The number of carbonyl (C=O) groups excluding carboxylic acids is 1. The van der Waals surface area contributed by atoms with E-state index in [0.717, 1.165) is 43.0 Å². The molecule has 2 aromatic rings. The quantitative estimate of drug-likeness (QED) is 0.943. The van der Waals surface area contributed by atoms with Crippen molar-refractivity contribution >= 4 is 5.91 Å². The number of H-pyrrole nitrogens is 1. The molecule has 3 rings (SSSR count). The molecule has 3 heterocycles. The van der Waals surface area contributed by atoms with Gasteiger partial charge in [-0.3, -0.25) is 14.9 Å². The second kappa shape index (κ2) is 6.73. The van der Waals surface area contributed by atoms with E-state index in [1.165, 1.54) is 0 Å². The summed E-state index contributed by atoms with van der Waals surface area (Å²) in [4.78, 5) is 18.7. The molecule has 1 amide bonds. The first-order chi connectivity index (χ1) is 10.7. The van der Waals surface area contributed by atoms with Crippen LogP contribution in [-0.2, 0) is 11.2 Å². The minimum absolute atomic E-state index is 0.225. The van der Waals surface area contributed by atoms with Crippen molar-refractivity contribution in [1.29, 1.82) is 0 Å². The van der Waals surface area contributed by atoms with E-state index in [2.05, 4.69) is 21.2 Å². The van der Waals surface area contributed by atoms with Crippen molar-refractivity contribution < 1.29 is 4.79 Å². The number of piperidine rings is 1. The van der Waals surface area contributed by atoms with Crippen LogP contribution in [0.25, 0.3) is 0 Å². The summed E-state index contributed by atoms with van der Waals surface area (Å²) >= 11 is 0. The Labute approximate surface area is 130 Å². The molecule has 116 valence electrons. The van der Waals surface area contributed by atoms with E-state index in [-0.39, 0.29) is 5.91 Å². The maximum atomic E-state index is 12.4. The number of hydrogen-bond donors (Lipinski definition) is 1. The van der Waals surface area contributed by atoms with Crippen molar-refractivity contribution in [2.24, 2.45) is 0 Å². The van der Waals surface area contributed by atoms with Crippen LogP contribution in [0, 0.1) is 6.92 Å². The Balaban J connectivity index is 1.56. The highest BCUT2D eigenvalue weighted by atomic mass is 16.2. The summed E-state index contributed by atoms with van der Waals surface area (Å²) in [7, 11) is 0. The summed E-state index contributed by atoms with van der Waals surface area (Å²) < 4.78 is 0. The van der Waals surface area contributed by atoms with Crippen LogP contribution < -0.4 is 0 Å². The van der Waals surface area contributed by atoms with E-state index in [0.29, 0.717) is 18.8 Å². The number of aryl methyl sites for hydroxylation is 2. The first-order valence-corrected chi connectivity index (χ1v) is 7.92. The number of aromatic nitrogens is 3. The van der Waals surface area contributed by atoms with Crippen LogP contribution in [0.1, 0.15) is 42.3 Å². The van der Waals surface area contributed by atoms with Gasteiger partial charge in [-0.05, 0) is 44.4 Å². The van der Waals surface area contributed by atoms with Crippen molar-refractivity contribution in [3.63, 3.8) is 0 Å². The molecule has 0 unspecified atom stereocenters. The molecule has 0 aliphatic carbocycles. The van der Waals surface area contributed by atoms with Gasteiger partial charge in [-0.2, -0.15) is 5.10 Å². The molecule has 1 aliphatic heterocycles. The second-order valence-electron chi connectivity index (χ2n) is 5.98. The molecule has 5 heteroatoms. The average molecular weight is 298 g/mol. The smallest absolute Gasteiger partial charge is 0.222 e. The van der Waals surface area contributed by atoms with Gasteiger partial charge in [0.1, 0.15) is 0 Å². The van der Waals surface area contributed by atoms with Gasteiger partial charge in [0.2, 0.25) is 5.91 Å². The van der Waals surface area contributed by atoms with E-state index in [1.54, 1.807) is 6.20 Å². The average Bonchev–Trinajstić information content (AvgIpc) is 3.00. The lowest BCUT2D eigenvalue weighted by Gasteiger charge is -2.32. The number of amides is 1. The fraction of sp³-hybridized carbons (Fsp3) is 0.471. The van der Waals surface area contributed by atoms with Crippen LogP contribution in [0.5, 0.6) is 0 Å². The van der Waals surface area contributed by atoms with Gasteiger partial charge in [-0.25, -0.2) is 0 Å². The fourth-order valence-electron chi connectivity index (χ4n) is 3.03. The van der Waals surface area contributed by atoms with Crippen molar-refractivity contribution in [3.8, 4) is 0 Å². The molecular formula is C17H22N4O. The van der Waals surface area contributed by atoms with Crippen LogP contribution in [0.3, 0.4) is 0 Å². The molecule has 5 nitrogen and oxygen atoms in total. The molecule has 1 N–H and O–H groups in total. The number of carbonyl (C=O) groups is 1. The zero-order valence-electron chi connectivity index (χ0n) is 13.0. The van der Waals surface area contributed by atoms with E-state index >= 15 is 0 Å². The molecule has 0 aromatic carbocycles. The van der Waals surface area contributed by atoms with Gasteiger partial charge in [0.25, 0.3) is 0 Å². The normalized spacial score (nSPS) is 18.4. The predicted octanol–water partition coefficient (Wildman–Crippen LogP) is 2.45. The summed E-state index contributed by atoms with van der Waals surface area (Å²) in [5.41, 5.74) is 3.14. The summed E-state index contributed by atoms with van der Waals surface area (Å²) in [5, 5.41) is 7.35. The molecule has 1 saturated heterocycles. The topological polar surface area (TPSA) is 61.9 Å². The Morgan fingerprint density at radius 2 is 2.36 bits per heavy atom. The number of nitrogens with one attached hydrogen (secondary N) is 1.